The molecule has 0 atom stereocenters. The average Bonchev–Trinajstić information content (AvgIpc) is 3.00. The van der Waals surface area contributed by atoms with E-state index in [1.165, 1.54) is 24.3 Å². The second-order valence-electron chi connectivity index (χ2n) is 6.27. The van der Waals surface area contributed by atoms with E-state index in [2.05, 4.69) is 10.4 Å². The third-order valence-corrected chi connectivity index (χ3v) is 4.86. The lowest BCUT2D eigenvalue weighted by atomic mass is 10.2. The third-order valence-electron chi connectivity index (χ3n) is 3.96. The molecule has 0 radical (unpaired) electrons. The minimum Gasteiger partial charge on any atom is -0.455 e. The summed E-state index contributed by atoms with van der Waals surface area (Å²) in [6, 6.07) is 8.54. The fourth-order valence-corrected chi connectivity index (χ4v) is 3.15. The third kappa shape index (κ3) is 5.63. The Morgan fingerprint density at radius 2 is 1.97 bits per heavy atom. The smallest absolute Gasteiger partial charge is 0.275 e. The van der Waals surface area contributed by atoms with Crippen LogP contribution in [0.1, 0.15) is 12.1 Å². The first-order chi connectivity index (χ1) is 14.2. The first kappa shape index (κ1) is 21.9. The molecule has 156 valence electrons. The molecule has 0 aliphatic carbocycles. The molecule has 0 aliphatic rings. The Morgan fingerprint density at radius 3 is 2.60 bits per heavy atom. The molecule has 8 nitrogen and oxygen atoms in total. The molecule has 0 saturated carbocycles. The van der Waals surface area contributed by atoms with Gasteiger partial charge in [-0.2, -0.15) is 5.10 Å². The summed E-state index contributed by atoms with van der Waals surface area (Å²) in [6.45, 7) is 2.06. The first-order valence-corrected chi connectivity index (χ1v) is 9.76. The van der Waals surface area contributed by atoms with E-state index in [1.807, 2.05) is 0 Å². The Hall–Kier alpha value is -2.81. The van der Waals surface area contributed by atoms with E-state index in [4.69, 9.17) is 39.5 Å². The van der Waals surface area contributed by atoms with Gasteiger partial charge < -0.3 is 10.1 Å². The second-order valence-corrected chi connectivity index (χ2v) is 7.52. The monoisotopic (exact) mass is 468 g/mol. The molecule has 0 unspecified atom stereocenters. The molecule has 3 aromatic rings. The average molecular weight is 470 g/mol. The van der Waals surface area contributed by atoms with Gasteiger partial charge >= 0.3 is 0 Å². The van der Waals surface area contributed by atoms with Crippen LogP contribution in [0.25, 0.3) is 0 Å². The SMILES string of the molecule is Cc1nn(CCC(=O)Nc2cc(Oc3ccc(Cl)cc3Cl)cc([N+](=O)[O-])c2)cc1Cl. The van der Waals surface area contributed by atoms with Crippen LogP contribution in [0.4, 0.5) is 11.4 Å². The normalized spacial score (nSPS) is 10.7. The van der Waals surface area contributed by atoms with Gasteiger partial charge in [0.15, 0.2) is 0 Å². The van der Waals surface area contributed by atoms with Gasteiger partial charge in [0.2, 0.25) is 5.91 Å². The van der Waals surface area contributed by atoms with E-state index < -0.39 is 4.92 Å². The summed E-state index contributed by atoms with van der Waals surface area (Å²) < 4.78 is 7.20. The number of amides is 1. The number of halogens is 3. The summed E-state index contributed by atoms with van der Waals surface area (Å²) in [4.78, 5) is 23.0. The molecule has 0 saturated heterocycles. The predicted octanol–water partition coefficient (Wildman–Crippen LogP) is 5.88. The lowest BCUT2D eigenvalue weighted by Crippen LogP contribution is -2.15. The highest BCUT2D eigenvalue weighted by molar-refractivity contribution is 6.35. The fourth-order valence-electron chi connectivity index (χ4n) is 2.55. The van der Waals surface area contributed by atoms with E-state index >= 15 is 0 Å². The quantitative estimate of drug-likeness (QED) is 0.344. The summed E-state index contributed by atoms with van der Waals surface area (Å²) >= 11 is 17.9. The molecule has 1 aromatic heterocycles. The lowest BCUT2D eigenvalue weighted by molar-refractivity contribution is -0.384. The number of carbonyl (C=O) groups excluding carboxylic acids is 1. The fraction of sp³-hybridized carbons (Fsp3) is 0.158. The number of ether oxygens (including phenoxy) is 1. The van der Waals surface area contributed by atoms with E-state index in [-0.39, 0.29) is 40.2 Å². The highest BCUT2D eigenvalue weighted by Gasteiger charge is 2.14. The number of aryl methyl sites for hydroxylation is 2. The standard InChI is InChI=1S/C19H15Cl3N4O4/c1-11-17(22)10-25(24-11)5-4-19(27)23-13-7-14(26(28)29)9-15(8-13)30-18-3-2-12(20)6-16(18)21/h2-3,6-10H,4-5H2,1H3,(H,23,27). The summed E-state index contributed by atoms with van der Waals surface area (Å²) in [7, 11) is 0. The molecule has 1 heterocycles. The number of carbonyl (C=O) groups is 1. The molecule has 3 rings (SSSR count). The van der Waals surface area contributed by atoms with Crippen LogP contribution in [-0.4, -0.2) is 20.6 Å². The van der Waals surface area contributed by atoms with E-state index in [1.54, 1.807) is 29.9 Å². The van der Waals surface area contributed by atoms with Crippen LogP contribution in [0.2, 0.25) is 15.1 Å². The Kier molecular flexibility index (Phi) is 6.81. The Morgan fingerprint density at radius 1 is 1.20 bits per heavy atom. The van der Waals surface area contributed by atoms with Crippen LogP contribution >= 0.6 is 34.8 Å². The maximum Gasteiger partial charge on any atom is 0.275 e. The number of benzene rings is 2. The predicted molar refractivity (Wildman–Crippen MR) is 115 cm³/mol. The first-order valence-electron chi connectivity index (χ1n) is 8.63. The van der Waals surface area contributed by atoms with Crippen molar-refractivity contribution < 1.29 is 14.5 Å². The van der Waals surface area contributed by atoms with Gasteiger partial charge in [-0.3, -0.25) is 19.6 Å². The number of nitro groups is 1. The molecule has 0 fully saturated rings. The van der Waals surface area contributed by atoms with Crippen molar-refractivity contribution in [3.63, 3.8) is 0 Å². The summed E-state index contributed by atoms with van der Waals surface area (Å²) in [5.41, 5.74) is 0.629. The Bertz CT molecular complexity index is 1100. The van der Waals surface area contributed by atoms with Crippen molar-refractivity contribution >= 4 is 52.1 Å². The number of nitrogens with zero attached hydrogens (tertiary/aromatic N) is 3. The molecule has 2 aromatic carbocycles. The van der Waals surface area contributed by atoms with Crippen LogP contribution in [0.3, 0.4) is 0 Å². The van der Waals surface area contributed by atoms with E-state index in [0.717, 1.165) is 0 Å². The Labute approximate surface area is 186 Å². The molecule has 0 bridgehead atoms. The lowest BCUT2D eigenvalue weighted by Gasteiger charge is -2.11. The van der Waals surface area contributed by atoms with Crippen LogP contribution in [0.5, 0.6) is 11.5 Å². The number of nitro benzene ring substituents is 1. The molecule has 0 aliphatic heterocycles. The van der Waals surface area contributed by atoms with Crippen molar-refractivity contribution in [2.75, 3.05) is 5.32 Å². The summed E-state index contributed by atoms with van der Waals surface area (Å²) in [5, 5.41) is 19.3. The number of rotatable bonds is 7. The molecule has 0 spiro atoms. The second kappa shape index (κ2) is 9.34. The number of non-ortho nitro benzene ring substituents is 1. The topological polar surface area (TPSA) is 99.3 Å². The maximum absolute atomic E-state index is 12.3. The van der Waals surface area contributed by atoms with Crippen molar-refractivity contribution in [1.29, 1.82) is 0 Å². The zero-order valence-electron chi connectivity index (χ0n) is 15.6. The molecular weight excluding hydrogens is 455 g/mol. The molecule has 1 N–H and O–H groups in total. The summed E-state index contributed by atoms with van der Waals surface area (Å²) in [6.07, 6.45) is 1.72. The van der Waals surface area contributed by atoms with Crippen LogP contribution < -0.4 is 10.1 Å². The van der Waals surface area contributed by atoms with E-state index in [0.29, 0.717) is 22.3 Å². The highest BCUT2D eigenvalue weighted by Crippen LogP contribution is 2.34. The highest BCUT2D eigenvalue weighted by atomic mass is 35.5. The van der Waals surface area contributed by atoms with Gasteiger partial charge in [-0.25, -0.2) is 0 Å². The minimum absolute atomic E-state index is 0.0966. The van der Waals surface area contributed by atoms with Gasteiger partial charge in [0.25, 0.3) is 5.69 Å². The van der Waals surface area contributed by atoms with Gasteiger partial charge in [0.05, 0.1) is 32.4 Å². The van der Waals surface area contributed by atoms with Gasteiger partial charge in [0, 0.05) is 36.3 Å². The van der Waals surface area contributed by atoms with E-state index in [9.17, 15) is 14.9 Å². The molecule has 30 heavy (non-hydrogen) atoms. The number of hydrogen-bond acceptors (Lipinski definition) is 5. The minimum atomic E-state index is -0.583. The van der Waals surface area contributed by atoms with Crippen molar-refractivity contribution in [1.82, 2.24) is 9.78 Å². The Balaban J connectivity index is 1.74. The largest absolute Gasteiger partial charge is 0.455 e. The number of nitrogens with one attached hydrogen (secondary N) is 1. The van der Waals surface area contributed by atoms with Crippen molar-refractivity contribution in [2.45, 2.75) is 19.9 Å². The number of hydrogen-bond donors (Lipinski definition) is 1. The van der Waals surface area contributed by atoms with Crippen molar-refractivity contribution in [3.8, 4) is 11.5 Å². The summed E-state index contributed by atoms with van der Waals surface area (Å²) in [5.74, 6) is 0.0539. The molecule has 11 heteroatoms. The molecule has 1 amide bonds. The van der Waals surface area contributed by atoms with Gasteiger partial charge in [-0.1, -0.05) is 34.8 Å². The van der Waals surface area contributed by atoms with Gasteiger partial charge in [-0.05, 0) is 25.1 Å². The van der Waals surface area contributed by atoms with Gasteiger partial charge in [-0.15, -0.1) is 0 Å². The van der Waals surface area contributed by atoms with Crippen molar-refractivity contribution in [3.05, 3.63) is 73.5 Å². The van der Waals surface area contributed by atoms with Crippen LogP contribution in [0.15, 0.2) is 42.6 Å². The zero-order chi connectivity index (χ0) is 21.8. The van der Waals surface area contributed by atoms with Gasteiger partial charge in [0.1, 0.15) is 11.5 Å². The molecular formula is C19H15Cl3N4O4. The zero-order valence-corrected chi connectivity index (χ0v) is 17.8. The maximum atomic E-state index is 12.3. The number of anilines is 1. The van der Waals surface area contributed by atoms with Crippen molar-refractivity contribution in [2.24, 2.45) is 0 Å². The van der Waals surface area contributed by atoms with Crippen LogP contribution in [0, 0.1) is 17.0 Å². The number of aromatic nitrogens is 2. The van der Waals surface area contributed by atoms with Crippen LogP contribution in [-0.2, 0) is 11.3 Å².